The first-order valence-electron chi connectivity index (χ1n) is 10.5. The molecule has 3 aromatic carbocycles. The zero-order chi connectivity index (χ0) is 21.5. The first kappa shape index (κ1) is 18.3. The van der Waals surface area contributed by atoms with E-state index in [0.717, 1.165) is 50.1 Å². The molecule has 4 heteroatoms. The smallest absolute Gasteiger partial charge is 0.138 e. The van der Waals surface area contributed by atoms with E-state index in [2.05, 4.69) is 45.9 Å². The number of aromatic hydroxyl groups is 1. The molecule has 0 saturated heterocycles. The quantitative estimate of drug-likeness (QED) is 0.355. The van der Waals surface area contributed by atoms with Crippen LogP contribution in [0.15, 0.2) is 109 Å². The van der Waals surface area contributed by atoms with Crippen molar-refractivity contribution in [3.05, 3.63) is 109 Å². The topological polar surface area (TPSA) is 50.9 Å². The third-order valence-electron chi connectivity index (χ3n) is 5.78. The van der Waals surface area contributed by atoms with Crippen molar-refractivity contribution in [1.29, 1.82) is 0 Å². The van der Waals surface area contributed by atoms with Crippen LogP contribution >= 0.6 is 0 Å². The Balaban J connectivity index is 1.64. The van der Waals surface area contributed by atoms with Gasteiger partial charge in [-0.15, -0.1) is 0 Å². The van der Waals surface area contributed by atoms with E-state index in [1.807, 2.05) is 60.7 Å². The van der Waals surface area contributed by atoms with E-state index in [1.165, 1.54) is 0 Å². The summed E-state index contributed by atoms with van der Waals surface area (Å²) in [7, 11) is 0. The van der Waals surface area contributed by atoms with Crippen molar-refractivity contribution in [1.82, 2.24) is 14.5 Å². The third kappa shape index (κ3) is 2.93. The molecule has 3 aromatic heterocycles. The van der Waals surface area contributed by atoms with Crippen molar-refractivity contribution < 1.29 is 5.11 Å². The number of rotatable bonds is 3. The zero-order valence-corrected chi connectivity index (χ0v) is 17.2. The summed E-state index contributed by atoms with van der Waals surface area (Å²) in [6, 6.07) is 33.9. The first-order chi connectivity index (χ1) is 15.8. The van der Waals surface area contributed by atoms with Crippen LogP contribution in [0.3, 0.4) is 0 Å². The summed E-state index contributed by atoms with van der Waals surface area (Å²) in [6.45, 7) is 0. The Morgan fingerprint density at radius 1 is 0.625 bits per heavy atom. The maximum atomic E-state index is 10.4. The standard InChI is InChI=1S/C28H19N3O/c32-27-13-4-2-8-20(27)19-15-16-22-21-9-1-3-12-25(21)31(26(22)18-19)28-14-7-11-24(30-28)23-10-5-6-17-29-23/h1-18,32H. The van der Waals surface area contributed by atoms with E-state index in [1.54, 1.807) is 12.3 Å². The number of hydrogen-bond acceptors (Lipinski definition) is 3. The fourth-order valence-corrected chi connectivity index (χ4v) is 4.31. The summed E-state index contributed by atoms with van der Waals surface area (Å²) in [4.78, 5) is 9.42. The predicted molar refractivity (Wildman–Crippen MR) is 129 cm³/mol. The van der Waals surface area contributed by atoms with Gasteiger partial charge in [0.25, 0.3) is 0 Å². The fourth-order valence-electron chi connectivity index (χ4n) is 4.31. The van der Waals surface area contributed by atoms with Crippen molar-refractivity contribution in [2.75, 3.05) is 0 Å². The van der Waals surface area contributed by atoms with Gasteiger partial charge in [0.1, 0.15) is 11.6 Å². The molecular weight excluding hydrogens is 394 g/mol. The van der Waals surface area contributed by atoms with Gasteiger partial charge in [-0.05, 0) is 48.0 Å². The summed E-state index contributed by atoms with van der Waals surface area (Å²) in [5.74, 6) is 1.10. The number of fused-ring (bicyclic) bond motifs is 3. The highest BCUT2D eigenvalue weighted by molar-refractivity contribution is 6.10. The molecule has 152 valence electrons. The number of pyridine rings is 2. The van der Waals surface area contributed by atoms with Gasteiger partial charge in [0.15, 0.2) is 0 Å². The summed E-state index contributed by atoms with van der Waals surface area (Å²) in [6.07, 6.45) is 1.78. The molecule has 0 aliphatic heterocycles. The number of phenolic OH excluding ortho intramolecular Hbond substituents is 1. The molecule has 32 heavy (non-hydrogen) atoms. The molecule has 0 amide bonds. The van der Waals surface area contributed by atoms with Gasteiger partial charge in [0, 0.05) is 22.5 Å². The minimum atomic E-state index is 0.268. The average molecular weight is 413 g/mol. The van der Waals surface area contributed by atoms with Gasteiger partial charge in [-0.1, -0.05) is 60.7 Å². The van der Waals surface area contributed by atoms with E-state index in [9.17, 15) is 5.11 Å². The number of para-hydroxylation sites is 2. The predicted octanol–water partition coefficient (Wildman–Crippen LogP) is 6.61. The Morgan fingerprint density at radius 3 is 2.28 bits per heavy atom. The van der Waals surface area contributed by atoms with Crippen molar-refractivity contribution in [3.8, 4) is 34.1 Å². The van der Waals surface area contributed by atoms with Gasteiger partial charge in [-0.2, -0.15) is 0 Å². The normalized spacial score (nSPS) is 11.2. The highest BCUT2D eigenvalue weighted by Gasteiger charge is 2.15. The van der Waals surface area contributed by atoms with Crippen molar-refractivity contribution >= 4 is 21.8 Å². The Bertz CT molecular complexity index is 1590. The van der Waals surface area contributed by atoms with E-state index in [4.69, 9.17) is 4.98 Å². The number of hydrogen-bond donors (Lipinski definition) is 1. The van der Waals surface area contributed by atoms with Gasteiger partial charge in [-0.25, -0.2) is 4.98 Å². The molecular formula is C28H19N3O. The van der Waals surface area contributed by atoms with Crippen LogP contribution in [-0.4, -0.2) is 19.6 Å². The van der Waals surface area contributed by atoms with Crippen LogP contribution in [0.25, 0.3) is 50.1 Å². The molecule has 3 heterocycles. The van der Waals surface area contributed by atoms with Crippen LogP contribution in [0.5, 0.6) is 5.75 Å². The minimum absolute atomic E-state index is 0.268. The molecule has 4 nitrogen and oxygen atoms in total. The Hall–Kier alpha value is -4.44. The average Bonchev–Trinajstić information content (AvgIpc) is 3.19. The van der Waals surface area contributed by atoms with Crippen LogP contribution in [0.1, 0.15) is 0 Å². The number of phenols is 1. The van der Waals surface area contributed by atoms with Crippen molar-refractivity contribution in [2.45, 2.75) is 0 Å². The lowest BCUT2D eigenvalue weighted by molar-refractivity contribution is 0.477. The zero-order valence-electron chi connectivity index (χ0n) is 17.2. The summed E-state index contributed by atoms with van der Waals surface area (Å²) >= 11 is 0. The number of benzene rings is 3. The second-order valence-electron chi connectivity index (χ2n) is 7.70. The van der Waals surface area contributed by atoms with Crippen LogP contribution in [0.4, 0.5) is 0 Å². The van der Waals surface area contributed by atoms with Gasteiger partial charge in [-0.3, -0.25) is 9.55 Å². The monoisotopic (exact) mass is 413 g/mol. The highest BCUT2D eigenvalue weighted by atomic mass is 16.3. The van der Waals surface area contributed by atoms with Crippen LogP contribution < -0.4 is 0 Å². The molecule has 6 rings (SSSR count). The van der Waals surface area contributed by atoms with Crippen LogP contribution in [0, 0.1) is 0 Å². The third-order valence-corrected chi connectivity index (χ3v) is 5.78. The molecule has 0 radical (unpaired) electrons. The molecule has 1 N–H and O–H groups in total. The SMILES string of the molecule is Oc1ccccc1-c1ccc2c3ccccc3n(-c3cccc(-c4ccccn4)n3)c2c1. The second kappa shape index (κ2) is 7.36. The molecule has 0 unspecified atom stereocenters. The summed E-state index contributed by atoms with van der Waals surface area (Å²) in [5, 5.41) is 12.7. The fraction of sp³-hybridized carbons (Fsp3) is 0. The molecule has 0 aliphatic carbocycles. The van der Waals surface area contributed by atoms with Crippen molar-refractivity contribution in [3.63, 3.8) is 0 Å². The highest BCUT2D eigenvalue weighted by Crippen LogP contribution is 2.36. The molecule has 0 saturated carbocycles. The minimum Gasteiger partial charge on any atom is -0.507 e. The van der Waals surface area contributed by atoms with E-state index in [0.29, 0.717) is 0 Å². The van der Waals surface area contributed by atoms with E-state index in [-0.39, 0.29) is 5.75 Å². The Morgan fingerprint density at radius 2 is 1.41 bits per heavy atom. The van der Waals surface area contributed by atoms with Crippen LogP contribution in [-0.2, 0) is 0 Å². The van der Waals surface area contributed by atoms with Gasteiger partial charge >= 0.3 is 0 Å². The van der Waals surface area contributed by atoms with E-state index >= 15 is 0 Å². The first-order valence-corrected chi connectivity index (χ1v) is 10.5. The Labute approximate surface area is 185 Å². The Kier molecular flexibility index (Phi) is 4.22. The van der Waals surface area contributed by atoms with E-state index < -0.39 is 0 Å². The maximum Gasteiger partial charge on any atom is 0.138 e. The lowest BCUT2D eigenvalue weighted by Gasteiger charge is -2.10. The molecule has 6 aromatic rings. The van der Waals surface area contributed by atoms with Crippen LogP contribution in [0.2, 0.25) is 0 Å². The summed E-state index contributed by atoms with van der Waals surface area (Å²) < 4.78 is 2.18. The molecule has 0 bridgehead atoms. The molecule has 0 spiro atoms. The maximum absolute atomic E-state index is 10.4. The lowest BCUT2D eigenvalue weighted by Crippen LogP contribution is -1.99. The number of aromatic nitrogens is 3. The van der Waals surface area contributed by atoms with Gasteiger partial charge in [0.05, 0.1) is 22.4 Å². The number of nitrogens with zero attached hydrogens (tertiary/aromatic N) is 3. The second-order valence-corrected chi connectivity index (χ2v) is 7.70. The summed E-state index contributed by atoms with van der Waals surface area (Å²) in [5.41, 5.74) is 5.55. The van der Waals surface area contributed by atoms with Gasteiger partial charge in [0.2, 0.25) is 0 Å². The van der Waals surface area contributed by atoms with Gasteiger partial charge < -0.3 is 5.11 Å². The molecule has 0 aliphatic rings. The molecule has 0 fully saturated rings. The molecule has 0 atom stereocenters. The lowest BCUT2D eigenvalue weighted by atomic mass is 10.0. The van der Waals surface area contributed by atoms with Crippen molar-refractivity contribution in [2.24, 2.45) is 0 Å². The largest absolute Gasteiger partial charge is 0.507 e.